The summed E-state index contributed by atoms with van der Waals surface area (Å²) in [7, 11) is 0. The molecule has 1 aromatic heterocycles. The smallest absolute Gasteiger partial charge is 0.195 e. The van der Waals surface area contributed by atoms with Crippen LogP contribution >= 0.6 is 15.9 Å². The van der Waals surface area contributed by atoms with E-state index in [9.17, 15) is 4.79 Å². The van der Waals surface area contributed by atoms with Crippen LogP contribution in [-0.2, 0) is 6.54 Å². The number of hydrogen-bond acceptors (Lipinski definition) is 3. The van der Waals surface area contributed by atoms with Crippen LogP contribution in [-0.4, -0.2) is 28.7 Å². The Labute approximate surface area is 105 Å². The van der Waals surface area contributed by atoms with E-state index in [0.717, 1.165) is 30.4 Å². The minimum atomic E-state index is 0.0891. The molecule has 5 heteroatoms. The van der Waals surface area contributed by atoms with E-state index >= 15 is 0 Å². The van der Waals surface area contributed by atoms with Crippen LogP contribution in [0.3, 0.4) is 0 Å². The minimum Gasteiger partial charge on any atom is -0.310 e. The summed E-state index contributed by atoms with van der Waals surface area (Å²) in [4.78, 5) is 11.9. The van der Waals surface area contributed by atoms with Gasteiger partial charge in [-0.05, 0) is 35.3 Å². The summed E-state index contributed by atoms with van der Waals surface area (Å²) in [5.41, 5.74) is 0.672. The standard InChI is InChI=1S/C11H18BrN3O/c1-3-5-13-8-10(16)11-9(12)7-14-15(11)6-4-2/h7,13H,3-6,8H2,1-2H3. The Kier molecular flexibility index (Phi) is 5.69. The summed E-state index contributed by atoms with van der Waals surface area (Å²) in [5.74, 6) is 0.0891. The number of aromatic nitrogens is 2. The van der Waals surface area contributed by atoms with Crippen LogP contribution in [0.2, 0.25) is 0 Å². The van der Waals surface area contributed by atoms with Gasteiger partial charge in [0.1, 0.15) is 5.69 Å². The third kappa shape index (κ3) is 3.42. The molecule has 0 bridgehead atoms. The predicted molar refractivity (Wildman–Crippen MR) is 67.7 cm³/mol. The molecule has 0 radical (unpaired) electrons. The van der Waals surface area contributed by atoms with Gasteiger partial charge in [-0.15, -0.1) is 0 Å². The molecule has 0 aliphatic heterocycles. The van der Waals surface area contributed by atoms with Crippen molar-refractivity contribution < 1.29 is 4.79 Å². The minimum absolute atomic E-state index is 0.0891. The maximum Gasteiger partial charge on any atom is 0.195 e. The molecule has 90 valence electrons. The summed E-state index contributed by atoms with van der Waals surface area (Å²) in [5, 5.41) is 7.28. The van der Waals surface area contributed by atoms with Crippen LogP contribution in [0, 0.1) is 0 Å². The Morgan fingerprint density at radius 1 is 1.50 bits per heavy atom. The fraction of sp³-hybridized carbons (Fsp3) is 0.636. The fourth-order valence-corrected chi connectivity index (χ4v) is 2.00. The second kappa shape index (κ2) is 6.81. The van der Waals surface area contributed by atoms with E-state index in [1.165, 1.54) is 0 Å². The third-order valence-corrected chi connectivity index (χ3v) is 2.79. The van der Waals surface area contributed by atoms with E-state index in [-0.39, 0.29) is 5.78 Å². The second-order valence-corrected chi connectivity index (χ2v) is 4.52. The summed E-state index contributed by atoms with van der Waals surface area (Å²) >= 11 is 3.36. The molecule has 0 atom stereocenters. The number of carbonyl (C=O) groups is 1. The van der Waals surface area contributed by atoms with Gasteiger partial charge < -0.3 is 5.32 Å². The average molecular weight is 288 g/mol. The van der Waals surface area contributed by atoms with Crippen molar-refractivity contribution in [3.8, 4) is 0 Å². The first kappa shape index (κ1) is 13.4. The fourth-order valence-electron chi connectivity index (χ4n) is 1.48. The molecular weight excluding hydrogens is 270 g/mol. The number of nitrogens with zero attached hydrogens (tertiary/aromatic N) is 2. The largest absolute Gasteiger partial charge is 0.310 e. The van der Waals surface area contributed by atoms with Gasteiger partial charge in [0.25, 0.3) is 0 Å². The highest BCUT2D eigenvalue weighted by molar-refractivity contribution is 9.10. The Morgan fingerprint density at radius 3 is 2.88 bits per heavy atom. The molecule has 1 aromatic rings. The van der Waals surface area contributed by atoms with Crippen molar-refractivity contribution in [2.45, 2.75) is 33.2 Å². The van der Waals surface area contributed by atoms with Crippen LogP contribution < -0.4 is 5.32 Å². The number of aryl methyl sites for hydroxylation is 1. The summed E-state index contributed by atoms with van der Waals surface area (Å²) in [6, 6.07) is 0. The van der Waals surface area contributed by atoms with E-state index in [4.69, 9.17) is 0 Å². The van der Waals surface area contributed by atoms with Gasteiger partial charge in [0.2, 0.25) is 0 Å². The average Bonchev–Trinajstić information content (AvgIpc) is 2.61. The molecule has 0 aromatic carbocycles. The van der Waals surface area contributed by atoms with E-state index in [1.807, 2.05) is 0 Å². The molecule has 0 fully saturated rings. The van der Waals surface area contributed by atoms with E-state index in [2.05, 4.69) is 40.2 Å². The van der Waals surface area contributed by atoms with Gasteiger partial charge in [-0.25, -0.2) is 0 Å². The van der Waals surface area contributed by atoms with Crippen LogP contribution in [0.15, 0.2) is 10.7 Å². The van der Waals surface area contributed by atoms with E-state index in [1.54, 1.807) is 10.9 Å². The zero-order valence-electron chi connectivity index (χ0n) is 9.79. The Bertz CT molecular complexity index is 349. The van der Waals surface area contributed by atoms with Gasteiger partial charge in [0, 0.05) is 6.54 Å². The number of carbonyl (C=O) groups excluding carboxylic acids is 1. The van der Waals surface area contributed by atoms with Crippen molar-refractivity contribution in [1.29, 1.82) is 0 Å². The topological polar surface area (TPSA) is 46.9 Å². The van der Waals surface area contributed by atoms with Crippen LogP contribution in [0.1, 0.15) is 37.2 Å². The Morgan fingerprint density at radius 2 is 2.25 bits per heavy atom. The Hall–Kier alpha value is -0.680. The molecule has 1 heterocycles. The normalized spacial score (nSPS) is 10.7. The second-order valence-electron chi connectivity index (χ2n) is 3.66. The van der Waals surface area contributed by atoms with Gasteiger partial charge in [-0.1, -0.05) is 13.8 Å². The van der Waals surface area contributed by atoms with Gasteiger partial charge in [-0.3, -0.25) is 9.48 Å². The van der Waals surface area contributed by atoms with Gasteiger partial charge in [0.15, 0.2) is 5.78 Å². The van der Waals surface area contributed by atoms with Crippen molar-refractivity contribution in [2.24, 2.45) is 0 Å². The van der Waals surface area contributed by atoms with Crippen molar-refractivity contribution >= 4 is 21.7 Å². The molecule has 0 aliphatic rings. The lowest BCUT2D eigenvalue weighted by Gasteiger charge is -2.06. The number of nitrogens with one attached hydrogen (secondary N) is 1. The van der Waals surface area contributed by atoms with Crippen molar-refractivity contribution in [3.05, 3.63) is 16.4 Å². The van der Waals surface area contributed by atoms with Gasteiger partial charge >= 0.3 is 0 Å². The molecule has 0 aliphatic carbocycles. The van der Waals surface area contributed by atoms with Crippen LogP contribution in [0.25, 0.3) is 0 Å². The van der Waals surface area contributed by atoms with Crippen molar-refractivity contribution in [1.82, 2.24) is 15.1 Å². The first-order valence-electron chi connectivity index (χ1n) is 5.65. The first-order chi connectivity index (χ1) is 7.70. The lowest BCUT2D eigenvalue weighted by molar-refractivity contribution is 0.0980. The lowest BCUT2D eigenvalue weighted by Crippen LogP contribution is -2.26. The molecule has 0 amide bonds. The first-order valence-corrected chi connectivity index (χ1v) is 6.45. The quantitative estimate of drug-likeness (QED) is 0.618. The number of rotatable bonds is 7. The number of ketones is 1. The Balaban J connectivity index is 2.69. The SMILES string of the molecule is CCCNCC(=O)c1c(Br)cnn1CCC. The molecule has 0 spiro atoms. The summed E-state index contributed by atoms with van der Waals surface area (Å²) in [6.45, 7) is 6.17. The van der Waals surface area contributed by atoms with Gasteiger partial charge in [-0.2, -0.15) is 5.10 Å². The molecule has 16 heavy (non-hydrogen) atoms. The van der Waals surface area contributed by atoms with Crippen LogP contribution in [0.4, 0.5) is 0 Å². The predicted octanol–water partition coefficient (Wildman–Crippen LogP) is 2.24. The molecule has 1 N–H and O–H groups in total. The van der Waals surface area contributed by atoms with Gasteiger partial charge in [0.05, 0.1) is 17.2 Å². The van der Waals surface area contributed by atoms with E-state index in [0.29, 0.717) is 12.2 Å². The molecule has 0 saturated heterocycles. The summed E-state index contributed by atoms with van der Waals surface area (Å²) in [6.07, 6.45) is 3.68. The number of hydrogen-bond donors (Lipinski definition) is 1. The highest BCUT2D eigenvalue weighted by Gasteiger charge is 2.15. The number of halogens is 1. The molecule has 0 unspecified atom stereocenters. The molecular formula is C11H18BrN3O. The number of Topliss-reactive ketones (excluding diaryl/α,β-unsaturated/α-hetero) is 1. The van der Waals surface area contributed by atoms with Crippen molar-refractivity contribution in [2.75, 3.05) is 13.1 Å². The highest BCUT2D eigenvalue weighted by atomic mass is 79.9. The monoisotopic (exact) mass is 287 g/mol. The third-order valence-electron chi connectivity index (χ3n) is 2.21. The molecule has 1 rings (SSSR count). The zero-order chi connectivity index (χ0) is 12.0. The molecule has 4 nitrogen and oxygen atoms in total. The maximum absolute atomic E-state index is 11.9. The van der Waals surface area contributed by atoms with Crippen LogP contribution in [0.5, 0.6) is 0 Å². The molecule has 0 saturated carbocycles. The maximum atomic E-state index is 11.9. The summed E-state index contributed by atoms with van der Waals surface area (Å²) < 4.78 is 2.55. The van der Waals surface area contributed by atoms with E-state index < -0.39 is 0 Å². The zero-order valence-corrected chi connectivity index (χ0v) is 11.4. The lowest BCUT2D eigenvalue weighted by atomic mass is 10.2. The highest BCUT2D eigenvalue weighted by Crippen LogP contribution is 2.16. The van der Waals surface area contributed by atoms with Crippen molar-refractivity contribution in [3.63, 3.8) is 0 Å².